The van der Waals surface area contributed by atoms with Gasteiger partial charge in [0, 0.05) is 16.4 Å². The highest BCUT2D eigenvalue weighted by Gasteiger charge is 2.47. The second-order valence-electron chi connectivity index (χ2n) is 6.83. The normalized spacial score (nSPS) is 23.1. The van der Waals surface area contributed by atoms with Gasteiger partial charge in [0.1, 0.15) is 21.2 Å². The number of nitrogens with one attached hydrogen (secondary N) is 3. The SMILES string of the molecule is Cc1ccc(Cl)cc1NC(=O)CSC1NC(=O)C2SC(=S)N(c3ccccc3)C2N1. The quantitative estimate of drug-likeness (QED) is 0.567. The number of aryl methyl sites for hydroxylation is 1. The van der Waals surface area contributed by atoms with Crippen LogP contribution in [0.1, 0.15) is 5.56 Å². The van der Waals surface area contributed by atoms with E-state index in [0.29, 0.717) is 15.0 Å². The number of carbonyl (C=O) groups excluding carboxylic acids is 2. The molecule has 10 heteroatoms. The topological polar surface area (TPSA) is 73.5 Å². The Kier molecular flexibility index (Phi) is 6.54. The smallest absolute Gasteiger partial charge is 0.238 e. The zero-order chi connectivity index (χ0) is 21.3. The standard InChI is InChI=1S/C20H19ClN4O2S3/c1-11-7-8-12(21)9-14(11)22-15(26)10-29-19-23-17-16(18(27)24-19)30-20(28)25(17)13-5-3-2-4-6-13/h2-9,16-17,19,23H,10H2,1H3,(H,22,26)(H,24,27). The average Bonchev–Trinajstić information content (AvgIpc) is 3.06. The van der Waals surface area contributed by atoms with Crippen molar-refractivity contribution in [2.24, 2.45) is 0 Å². The fourth-order valence-corrected chi connectivity index (χ4v) is 5.85. The van der Waals surface area contributed by atoms with E-state index in [-0.39, 0.29) is 29.0 Å². The summed E-state index contributed by atoms with van der Waals surface area (Å²) >= 11 is 14.2. The molecule has 156 valence electrons. The van der Waals surface area contributed by atoms with Crippen molar-refractivity contribution in [3.63, 3.8) is 0 Å². The first kappa shape index (κ1) is 21.5. The first-order chi connectivity index (χ1) is 14.4. The maximum Gasteiger partial charge on any atom is 0.238 e. The van der Waals surface area contributed by atoms with E-state index in [1.807, 2.05) is 48.2 Å². The van der Waals surface area contributed by atoms with Crippen molar-refractivity contribution in [3.8, 4) is 0 Å². The van der Waals surface area contributed by atoms with Gasteiger partial charge in [-0.05, 0) is 36.8 Å². The number of anilines is 2. The summed E-state index contributed by atoms with van der Waals surface area (Å²) in [6, 6.07) is 15.1. The van der Waals surface area contributed by atoms with Crippen molar-refractivity contribution >= 4 is 74.9 Å². The number of carbonyl (C=O) groups is 2. The molecule has 3 unspecified atom stereocenters. The highest BCUT2D eigenvalue weighted by molar-refractivity contribution is 8.24. The van der Waals surface area contributed by atoms with Crippen LogP contribution in [0.15, 0.2) is 48.5 Å². The number of hydrogen-bond acceptors (Lipinski definition) is 6. The molecule has 0 saturated carbocycles. The van der Waals surface area contributed by atoms with E-state index < -0.39 is 5.50 Å². The number of amides is 2. The molecule has 0 radical (unpaired) electrons. The summed E-state index contributed by atoms with van der Waals surface area (Å²) in [6.45, 7) is 1.90. The van der Waals surface area contributed by atoms with Crippen LogP contribution in [0.5, 0.6) is 0 Å². The number of nitrogens with zero attached hydrogens (tertiary/aromatic N) is 1. The Bertz CT molecular complexity index is 991. The summed E-state index contributed by atoms with van der Waals surface area (Å²) in [4.78, 5) is 27.0. The number of thioether (sulfide) groups is 2. The predicted molar refractivity (Wildman–Crippen MR) is 129 cm³/mol. The van der Waals surface area contributed by atoms with E-state index in [0.717, 1.165) is 11.3 Å². The van der Waals surface area contributed by atoms with Gasteiger partial charge in [0.2, 0.25) is 11.8 Å². The van der Waals surface area contributed by atoms with E-state index in [4.69, 9.17) is 23.8 Å². The minimum atomic E-state index is -0.405. The molecule has 3 atom stereocenters. The van der Waals surface area contributed by atoms with E-state index in [2.05, 4.69) is 16.0 Å². The predicted octanol–water partition coefficient (Wildman–Crippen LogP) is 3.56. The lowest BCUT2D eigenvalue weighted by Crippen LogP contribution is -2.64. The van der Waals surface area contributed by atoms with Gasteiger partial charge in [0.05, 0.1) is 5.75 Å². The van der Waals surface area contributed by atoms with Crippen molar-refractivity contribution < 1.29 is 9.59 Å². The number of thiocarbonyl (C=S) groups is 1. The van der Waals surface area contributed by atoms with Crippen LogP contribution in [0.2, 0.25) is 5.02 Å². The molecule has 30 heavy (non-hydrogen) atoms. The molecule has 3 N–H and O–H groups in total. The largest absolute Gasteiger partial charge is 0.331 e. The highest BCUT2D eigenvalue weighted by Crippen LogP contribution is 2.37. The number of fused-ring (bicyclic) bond motifs is 1. The Morgan fingerprint density at radius 3 is 2.83 bits per heavy atom. The Balaban J connectivity index is 1.40. The van der Waals surface area contributed by atoms with E-state index in [1.54, 1.807) is 12.1 Å². The number of para-hydroxylation sites is 1. The summed E-state index contributed by atoms with van der Waals surface area (Å²) in [5.41, 5.74) is 2.14. The van der Waals surface area contributed by atoms with Gasteiger partial charge in [0.25, 0.3) is 0 Å². The fourth-order valence-electron chi connectivity index (χ4n) is 3.26. The van der Waals surface area contributed by atoms with Gasteiger partial charge in [-0.3, -0.25) is 14.9 Å². The fraction of sp³-hybridized carbons (Fsp3) is 0.250. The van der Waals surface area contributed by atoms with Crippen molar-refractivity contribution in [3.05, 3.63) is 59.1 Å². The highest BCUT2D eigenvalue weighted by atomic mass is 35.5. The Hall–Kier alpha value is -1.78. The lowest BCUT2D eigenvalue weighted by molar-refractivity contribution is -0.122. The van der Waals surface area contributed by atoms with Crippen molar-refractivity contribution in [1.29, 1.82) is 0 Å². The second kappa shape index (κ2) is 9.15. The van der Waals surface area contributed by atoms with Crippen molar-refractivity contribution in [2.75, 3.05) is 16.0 Å². The van der Waals surface area contributed by atoms with Crippen LogP contribution in [-0.2, 0) is 9.59 Å². The molecule has 2 saturated heterocycles. The number of halogens is 1. The van der Waals surface area contributed by atoms with Crippen LogP contribution in [0.3, 0.4) is 0 Å². The lowest BCUT2D eigenvalue weighted by Gasteiger charge is -2.36. The molecule has 2 aliphatic rings. The maximum atomic E-state index is 12.6. The molecule has 0 spiro atoms. The van der Waals surface area contributed by atoms with E-state index in [9.17, 15) is 9.59 Å². The third kappa shape index (κ3) is 4.60. The molecule has 2 amide bonds. The van der Waals surface area contributed by atoms with Crippen LogP contribution in [0.25, 0.3) is 0 Å². The lowest BCUT2D eigenvalue weighted by atomic mass is 10.2. The second-order valence-corrected chi connectivity index (χ2v) is 10.1. The van der Waals surface area contributed by atoms with Crippen LogP contribution < -0.4 is 20.9 Å². The minimum absolute atomic E-state index is 0.0897. The maximum absolute atomic E-state index is 12.6. The van der Waals surface area contributed by atoms with Gasteiger partial charge >= 0.3 is 0 Å². The number of rotatable bonds is 5. The first-order valence-electron chi connectivity index (χ1n) is 9.21. The van der Waals surface area contributed by atoms with Crippen LogP contribution in [0.4, 0.5) is 11.4 Å². The summed E-state index contributed by atoms with van der Waals surface area (Å²) < 4.78 is 0.652. The molecule has 0 bridgehead atoms. The molecule has 2 aromatic carbocycles. The summed E-state index contributed by atoms with van der Waals surface area (Å²) in [5, 5.41) is 9.43. The summed E-state index contributed by atoms with van der Waals surface area (Å²) in [6.07, 6.45) is -0.269. The van der Waals surface area contributed by atoms with Gasteiger partial charge in [0.15, 0.2) is 0 Å². The van der Waals surface area contributed by atoms with Gasteiger partial charge < -0.3 is 15.5 Å². The molecule has 0 aliphatic carbocycles. The zero-order valence-corrected chi connectivity index (χ0v) is 19.1. The number of benzene rings is 2. The molecule has 0 aromatic heterocycles. The molecular weight excluding hydrogens is 460 g/mol. The third-order valence-corrected chi connectivity index (χ3v) is 7.59. The Morgan fingerprint density at radius 2 is 2.07 bits per heavy atom. The van der Waals surface area contributed by atoms with Gasteiger partial charge in [-0.25, -0.2) is 0 Å². The summed E-state index contributed by atoms with van der Waals surface area (Å²) in [7, 11) is 0. The van der Waals surface area contributed by atoms with Crippen molar-refractivity contribution in [1.82, 2.24) is 10.6 Å². The molecule has 6 nitrogen and oxygen atoms in total. The Morgan fingerprint density at radius 1 is 1.30 bits per heavy atom. The van der Waals surface area contributed by atoms with Crippen LogP contribution in [0, 0.1) is 6.92 Å². The van der Waals surface area contributed by atoms with Gasteiger partial charge in [-0.1, -0.05) is 59.8 Å². The van der Waals surface area contributed by atoms with Crippen LogP contribution >= 0.6 is 47.3 Å². The van der Waals surface area contributed by atoms with Gasteiger partial charge in [-0.2, -0.15) is 0 Å². The summed E-state index contributed by atoms with van der Waals surface area (Å²) in [5.74, 6) is -0.0857. The first-order valence-corrected chi connectivity index (χ1v) is 11.9. The molecular formula is C20H19ClN4O2S3. The molecule has 2 fully saturated rings. The van der Waals surface area contributed by atoms with Gasteiger partial charge in [-0.15, -0.1) is 11.8 Å². The monoisotopic (exact) mass is 478 g/mol. The average molecular weight is 479 g/mol. The minimum Gasteiger partial charge on any atom is -0.331 e. The van der Waals surface area contributed by atoms with E-state index >= 15 is 0 Å². The van der Waals surface area contributed by atoms with Crippen LogP contribution in [-0.4, -0.2) is 38.8 Å². The zero-order valence-electron chi connectivity index (χ0n) is 15.9. The molecule has 2 heterocycles. The number of hydrogen-bond donors (Lipinski definition) is 3. The van der Waals surface area contributed by atoms with E-state index in [1.165, 1.54) is 23.5 Å². The Labute approximate surface area is 193 Å². The molecule has 4 rings (SSSR count). The molecule has 2 aliphatic heterocycles. The third-order valence-electron chi connectivity index (χ3n) is 4.73. The van der Waals surface area contributed by atoms with Crippen molar-refractivity contribution in [2.45, 2.75) is 23.8 Å². The molecule has 2 aromatic rings.